The van der Waals surface area contributed by atoms with E-state index in [0.29, 0.717) is 0 Å². The molecule has 0 spiro atoms. The molecule has 154 valence electrons. The number of carbonyl (C=O) groups is 3. The second-order valence-electron chi connectivity index (χ2n) is 6.74. The second kappa shape index (κ2) is 10.6. The van der Waals surface area contributed by atoms with Crippen LogP contribution in [0, 0.1) is 11.7 Å². The molecule has 2 N–H and O–H groups in total. The van der Waals surface area contributed by atoms with Gasteiger partial charge in [0.1, 0.15) is 11.9 Å². The van der Waals surface area contributed by atoms with Crippen LogP contribution in [0.5, 0.6) is 0 Å². The summed E-state index contributed by atoms with van der Waals surface area (Å²) in [4.78, 5) is 36.5. The highest BCUT2D eigenvalue weighted by Crippen LogP contribution is 2.19. The summed E-state index contributed by atoms with van der Waals surface area (Å²) in [6.07, 6.45) is 0.128. The number of amides is 2. The summed E-state index contributed by atoms with van der Waals surface area (Å²) < 4.78 is 18.2. The Morgan fingerprint density at radius 3 is 2.38 bits per heavy atom. The van der Waals surface area contributed by atoms with Crippen molar-refractivity contribution >= 4 is 35.1 Å². The number of anilines is 1. The maximum absolute atomic E-state index is 13.1. The van der Waals surface area contributed by atoms with Gasteiger partial charge in [0.25, 0.3) is 5.91 Å². The van der Waals surface area contributed by atoms with Crippen LogP contribution in [0.2, 0.25) is 5.02 Å². The van der Waals surface area contributed by atoms with E-state index < -0.39 is 30.3 Å². The monoisotopic (exact) mass is 420 g/mol. The molecule has 2 amide bonds. The van der Waals surface area contributed by atoms with E-state index in [1.807, 2.05) is 30.3 Å². The van der Waals surface area contributed by atoms with Gasteiger partial charge in [-0.1, -0.05) is 55.8 Å². The molecule has 2 aromatic carbocycles. The van der Waals surface area contributed by atoms with E-state index in [4.69, 9.17) is 16.3 Å². The first kappa shape index (κ1) is 22.4. The zero-order chi connectivity index (χ0) is 21.4. The molecule has 0 heterocycles. The Morgan fingerprint density at radius 1 is 1.07 bits per heavy atom. The van der Waals surface area contributed by atoms with Crippen LogP contribution in [0.25, 0.3) is 0 Å². The summed E-state index contributed by atoms with van der Waals surface area (Å²) in [5, 5.41) is 4.96. The van der Waals surface area contributed by atoms with Crippen LogP contribution < -0.4 is 10.6 Å². The Morgan fingerprint density at radius 2 is 1.76 bits per heavy atom. The predicted molar refractivity (Wildman–Crippen MR) is 108 cm³/mol. The molecule has 0 bridgehead atoms. The van der Waals surface area contributed by atoms with E-state index in [1.165, 1.54) is 12.1 Å². The Balaban J connectivity index is 1.87. The van der Waals surface area contributed by atoms with E-state index in [9.17, 15) is 18.8 Å². The lowest BCUT2D eigenvalue weighted by molar-refractivity contribution is -0.151. The minimum atomic E-state index is -0.890. The van der Waals surface area contributed by atoms with Crippen LogP contribution in [0.15, 0.2) is 48.5 Å². The van der Waals surface area contributed by atoms with Crippen molar-refractivity contribution in [2.24, 2.45) is 5.92 Å². The number of nitrogens with one attached hydrogen (secondary N) is 2. The van der Waals surface area contributed by atoms with Gasteiger partial charge in [0.05, 0.1) is 11.4 Å². The smallest absolute Gasteiger partial charge is 0.329 e. The van der Waals surface area contributed by atoms with Crippen LogP contribution in [0.1, 0.15) is 19.4 Å². The minimum absolute atomic E-state index is 0.128. The van der Waals surface area contributed by atoms with Gasteiger partial charge >= 0.3 is 5.97 Å². The number of hydrogen-bond donors (Lipinski definition) is 2. The first-order valence-corrected chi connectivity index (χ1v) is 9.39. The van der Waals surface area contributed by atoms with Gasteiger partial charge in [-0.05, 0) is 29.7 Å². The number of ether oxygens (including phenoxy) is 1. The van der Waals surface area contributed by atoms with Crippen molar-refractivity contribution in [3.63, 3.8) is 0 Å². The van der Waals surface area contributed by atoms with Crippen molar-refractivity contribution in [3.8, 4) is 0 Å². The number of benzene rings is 2. The van der Waals surface area contributed by atoms with Crippen molar-refractivity contribution < 1.29 is 23.5 Å². The van der Waals surface area contributed by atoms with Crippen molar-refractivity contribution in [3.05, 3.63) is 64.9 Å². The number of hydrogen-bond acceptors (Lipinski definition) is 4. The summed E-state index contributed by atoms with van der Waals surface area (Å²) in [6.45, 7) is 2.97. The van der Waals surface area contributed by atoms with Crippen molar-refractivity contribution in [2.45, 2.75) is 26.3 Å². The standard InChI is InChI=1S/C21H22ClFN2O4/c1-13(2)20(25-18(26)10-14-6-4-3-5-7-14)21(28)29-12-19(27)24-15-8-9-17(23)16(22)11-15/h3-9,11,13,20H,10,12H2,1-2H3,(H,24,27)(H,25,26)/t20-/m0/s1. The fraction of sp³-hybridized carbons (Fsp3) is 0.286. The summed E-state index contributed by atoms with van der Waals surface area (Å²) in [5.41, 5.74) is 1.09. The number of rotatable bonds is 8. The van der Waals surface area contributed by atoms with E-state index in [-0.39, 0.29) is 29.0 Å². The molecule has 0 unspecified atom stereocenters. The molecule has 0 aromatic heterocycles. The lowest BCUT2D eigenvalue weighted by Crippen LogP contribution is -2.46. The lowest BCUT2D eigenvalue weighted by Gasteiger charge is -2.20. The Kier molecular flexibility index (Phi) is 8.15. The zero-order valence-corrected chi connectivity index (χ0v) is 16.8. The summed E-state index contributed by atoms with van der Waals surface area (Å²) in [6, 6.07) is 11.9. The first-order valence-electron chi connectivity index (χ1n) is 9.01. The highest BCUT2D eigenvalue weighted by Gasteiger charge is 2.26. The van der Waals surface area contributed by atoms with Gasteiger partial charge in [-0.15, -0.1) is 0 Å². The van der Waals surface area contributed by atoms with Gasteiger partial charge in [0.15, 0.2) is 6.61 Å². The van der Waals surface area contributed by atoms with Crippen molar-refractivity contribution in [2.75, 3.05) is 11.9 Å². The quantitative estimate of drug-likeness (QED) is 0.641. The molecular formula is C21H22ClFN2O4. The van der Waals surface area contributed by atoms with Gasteiger partial charge < -0.3 is 15.4 Å². The second-order valence-corrected chi connectivity index (χ2v) is 7.14. The molecule has 0 aliphatic heterocycles. The molecule has 6 nitrogen and oxygen atoms in total. The van der Waals surface area contributed by atoms with Gasteiger partial charge in [0.2, 0.25) is 5.91 Å². The average Bonchev–Trinajstić information content (AvgIpc) is 2.67. The lowest BCUT2D eigenvalue weighted by atomic mass is 10.0. The Bertz CT molecular complexity index is 874. The molecule has 2 aromatic rings. The zero-order valence-electron chi connectivity index (χ0n) is 16.1. The fourth-order valence-electron chi connectivity index (χ4n) is 2.50. The number of esters is 1. The molecule has 2 rings (SSSR count). The molecule has 0 saturated heterocycles. The Hall–Kier alpha value is -2.93. The predicted octanol–water partition coefficient (Wildman–Crippen LogP) is 3.34. The minimum Gasteiger partial charge on any atom is -0.454 e. The molecule has 0 aliphatic rings. The van der Waals surface area contributed by atoms with Crippen molar-refractivity contribution in [1.29, 1.82) is 0 Å². The molecule has 0 radical (unpaired) electrons. The highest BCUT2D eigenvalue weighted by molar-refractivity contribution is 6.31. The van der Waals surface area contributed by atoms with E-state index >= 15 is 0 Å². The molecule has 8 heteroatoms. The van der Waals surface area contributed by atoms with Crippen LogP contribution in [-0.4, -0.2) is 30.4 Å². The number of carbonyl (C=O) groups excluding carboxylic acids is 3. The third kappa shape index (κ3) is 7.19. The topological polar surface area (TPSA) is 84.5 Å². The molecule has 0 aliphatic carbocycles. The summed E-state index contributed by atoms with van der Waals surface area (Å²) in [5.74, 6) is -2.49. The van der Waals surface area contributed by atoms with Gasteiger partial charge in [-0.2, -0.15) is 0 Å². The third-order valence-corrected chi connectivity index (χ3v) is 4.28. The van der Waals surface area contributed by atoms with Crippen molar-refractivity contribution in [1.82, 2.24) is 5.32 Å². The summed E-state index contributed by atoms with van der Waals surface area (Å²) in [7, 11) is 0. The maximum Gasteiger partial charge on any atom is 0.329 e. The maximum atomic E-state index is 13.1. The van der Waals surface area contributed by atoms with Crippen LogP contribution in [-0.2, 0) is 25.5 Å². The van der Waals surface area contributed by atoms with E-state index in [1.54, 1.807) is 13.8 Å². The number of halogens is 2. The van der Waals surface area contributed by atoms with E-state index in [2.05, 4.69) is 10.6 Å². The SMILES string of the molecule is CC(C)[C@H](NC(=O)Cc1ccccc1)C(=O)OCC(=O)Nc1ccc(F)c(Cl)c1. The van der Waals surface area contributed by atoms with Crippen LogP contribution >= 0.6 is 11.6 Å². The fourth-order valence-corrected chi connectivity index (χ4v) is 2.68. The van der Waals surface area contributed by atoms with Crippen LogP contribution in [0.3, 0.4) is 0 Å². The third-order valence-electron chi connectivity index (χ3n) is 3.99. The van der Waals surface area contributed by atoms with Gasteiger partial charge in [-0.25, -0.2) is 9.18 Å². The van der Waals surface area contributed by atoms with Gasteiger partial charge in [-0.3, -0.25) is 9.59 Å². The first-order chi connectivity index (χ1) is 13.8. The molecule has 0 fully saturated rings. The van der Waals surface area contributed by atoms with E-state index in [0.717, 1.165) is 11.6 Å². The van der Waals surface area contributed by atoms with Gasteiger partial charge in [0, 0.05) is 5.69 Å². The van der Waals surface area contributed by atoms with Crippen LogP contribution in [0.4, 0.5) is 10.1 Å². The molecule has 0 saturated carbocycles. The summed E-state index contributed by atoms with van der Waals surface area (Å²) >= 11 is 5.66. The Labute approximate surface area is 173 Å². The molecule has 1 atom stereocenters. The molecule has 29 heavy (non-hydrogen) atoms. The molecular weight excluding hydrogens is 399 g/mol. The normalized spacial score (nSPS) is 11.6. The average molecular weight is 421 g/mol. The highest BCUT2D eigenvalue weighted by atomic mass is 35.5. The largest absolute Gasteiger partial charge is 0.454 e.